The molecular weight excluding hydrogens is 308 g/mol. The molecule has 1 aliphatic carbocycles. The first-order valence-corrected chi connectivity index (χ1v) is 7.38. The highest BCUT2D eigenvalue weighted by atomic mass is 79.9. The third kappa shape index (κ3) is 2.25. The maximum atomic E-state index is 12.4. The predicted molar refractivity (Wildman–Crippen MR) is 76.7 cm³/mol. The maximum Gasteiger partial charge on any atom is 0.253 e. The molecule has 3 rings (SSSR count). The van der Waals surface area contributed by atoms with Gasteiger partial charge in [0, 0.05) is 34.7 Å². The standard InChI is InChI=1S/C14H17BrN2O2/c15-11-5-8(1-3-12(11)16)14(19)17-6-9-2-4-13(18)10(9)7-17/h1,3,5,9-10,13,18H,2,4,6-7,16H2. The third-order valence-electron chi connectivity index (χ3n) is 4.35. The van der Waals surface area contributed by atoms with E-state index in [0.717, 1.165) is 23.9 Å². The first-order chi connectivity index (χ1) is 9.06. The first-order valence-electron chi connectivity index (χ1n) is 6.58. The molecule has 2 fully saturated rings. The highest BCUT2D eigenvalue weighted by Crippen LogP contribution is 2.38. The molecule has 1 amide bonds. The summed E-state index contributed by atoms with van der Waals surface area (Å²) in [6, 6.07) is 5.26. The fourth-order valence-corrected chi connectivity index (χ4v) is 3.62. The Balaban J connectivity index is 1.76. The van der Waals surface area contributed by atoms with Crippen molar-refractivity contribution < 1.29 is 9.90 Å². The van der Waals surface area contributed by atoms with Crippen molar-refractivity contribution in [1.29, 1.82) is 0 Å². The van der Waals surface area contributed by atoms with Gasteiger partial charge in [-0.2, -0.15) is 0 Å². The number of hydrogen-bond donors (Lipinski definition) is 2. The molecule has 4 nitrogen and oxygen atoms in total. The Morgan fingerprint density at radius 3 is 2.84 bits per heavy atom. The number of halogens is 1. The van der Waals surface area contributed by atoms with E-state index in [-0.39, 0.29) is 17.9 Å². The molecule has 0 aromatic heterocycles. The minimum absolute atomic E-state index is 0.0299. The Morgan fingerprint density at radius 1 is 1.37 bits per heavy atom. The normalized spacial score (nSPS) is 29.6. The zero-order chi connectivity index (χ0) is 13.6. The Labute approximate surface area is 120 Å². The number of carbonyl (C=O) groups excluding carboxylic acids is 1. The Kier molecular flexibility index (Phi) is 3.27. The number of aliphatic hydroxyl groups excluding tert-OH is 1. The number of nitrogens with two attached hydrogens (primary N) is 1. The van der Waals surface area contributed by atoms with Crippen LogP contribution >= 0.6 is 15.9 Å². The molecule has 102 valence electrons. The summed E-state index contributed by atoms with van der Waals surface area (Å²) in [5.41, 5.74) is 7.01. The van der Waals surface area contributed by atoms with Crippen molar-refractivity contribution in [3.63, 3.8) is 0 Å². The fraction of sp³-hybridized carbons (Fsp3) is 0.500. The SMILES string of the molecule is Nc1ccc(C(=O)N2CC3CCC(O)C3C2)cc1Br. The van der Waals surface area contributed by atoms with Crippen LogP contribution in [-0.2, 0) is 0 Å². The molecule has 1 heterocycles. The minimum Gasteiger partial charge on any atom is -0.398 e. The highest BCUT2D eigenvalue weighted by molar-refractivity contribution is 9.10. The number of nitrogens with zero attached hydrogens (tertiary/aromatic N) is 1. The molecule has 0 spiro atoms. The minimum atomic E-state index is -0.235. The van der Waals surface area contributed by atoms with Crippen molar-refractivity contribution in [3.8, 4) is 0 Å². The lowest BCUT2D eigenvalue weighted by molar-refractivity contribution is 0.0752. The molecule has 5 heteroatoms. The summed E-state index contributed by atoms with van der Waals surface area (Å²) in [5, 5.41) is 9.89. The van der Waals surface area contributed by atoms with Crippen molar-refractivity contribution in [1.82, 2.24) is 4.90 Å². The number of benzene rings is 1. The van der Waals surface area contributed by atoms with Gasteiger partial charge in [0.1, 0.15) is 0 Å². The molecule has 19 heavy (non-hydrogen) atoms. The molecule has 2 aliphatic rings. The number of fused-ring (bicyclic) bond motifs is 1. The predicted octanol–water partition coefficient (Wildman–Crippen LogP) is 1.87. The van der Waals surface area contributed by atoms with E-state index in [1.165, 1.54) is 0 Å². The van der Waals surface area contributed by atoms with Gasteiger partial charge in [0.05, 0.1) is 6.10 Å². The Morgan fingerprint density at radius 2 is 2.16 bits per heavy atom. The lowest BCUT2D eigenvalue weighted by atomic mass is 10.00. The molecule has 3 atom stereocenters. The van der Waals surface area contributed by atoms with E-state index in [4.69, 9.17) is 5.73 Å². The molecule has 0 bridgehead atoms. The van der Waals surface area contributed by atoms with E-state index in [2.05, 4.69) is 15.9 Å². The van der Waals surface area contributed by atoms with E-state index in [1.54, 1.807) is 18.2 Å². The van der Waals surface area contributed by atoms with Gasteiger partial charge < -0.3 is 15.7 Å². The van der Waals surface area contributed by atoms with Crippen LogP contribution in [0, 0.1) is 11.8 Å². The van der Waals surface area contributed by atoms with Gasteiger partial charge in [0.15, 0.2) is 0 Å². The summed E-state index contributed by atoms with van der Waals surface area (Å²) in [5.74, 6) is 0.764. The Bertz CT molecular complexity index is 520. The second kappa shape index (κ2) is 4.80. The van der Waals surface area contributed by atoms with Crippen LogP contribution in [0.15, 0.2) is 22.7 Å². The number of rotatable bonds is 1. The van der Waals surface area contributed by atoms with Crippen molar-refractivity contribution in [2.24, 2.45) is 11.8 Å². The van der Waals surface area contributed by atoms with E-state index in [9.17, 15) is 9.90 Å². The topological polar surface area (TPSA) is 66.6 Å². The summed E-state index contributed by atoms with van der Waals surface area (Å²) in [6.45, 7) is 1.44. The van der Waals surface area contributed by atoms with Gasteiger partial charge in [-0.3, -0.25) is 4.79 Å². The van der Waals surface area contributed by atoms with E-state index >= 15 is 0 Å². The lowest BCUT2D eigenvalue weighted by Crippen LogP contribution is -2.31. The largest absolute Gasteiger partial charge is 0.398 e. The summed E-state index contributed by atoms with van der Waals surface area (Å²) in [4.78, 5) is 14.3. The molecule has 1 aromatic rings. The second-order valence-corrected chi connectivity index (χ2v) is 6.37. The summed E-state index contributed by atoms with van der Waals surface area (Å²) in [6.07, 6.45) is 1.67. The van der Waals surface area contributed by atoms with Crippen LogP contribution in [0.2, 0.25) is 0 Å². The van der Waals surface area contributed by atoms with Crippen LogP contribution in [0.5, 0.6) is 0 Å². The quantitative estimate of drug-likeness (QED) is 0.775. The molecule has 3 N–H and O–H groups in total. The van der Waals surface area contributed by atoms with Crippen molar-refractivity contribution in [2.45, 2.75) is 18.9 Å². The van der Waals surface area contributed by atoms with Gasteiger partial charge in [-0.15, -0.1) is 0 Å². The van der Waals surface area contributed by atoms with Crippen LogP contribution < -0.4 is 5.73 Å². The summed E-state index contributed by atoms with van der Waals surface area (Å²) >= 11 is 3.35. The van der Waals surface area contributed by atoms with Crippen molar-refractivity contribution in [3.05, 3.63) is 28.2 Å². The number of amides is 1. The van der Waals surface area contributed by atoms with Gasteiger partial charge in [-0.25, -0.2) is 0 Å². The smallest absolute Gasteiger partial charge is 0.253 e. The van der Waals surface area contributed by atoms with Crippen LogP contribution in [0.25, 0.3) is 0 Å². The van der Waals surface area contributed by atoms with Crippen molar-refractivity contribution >= 4 is 27.5 Å². The van der Waals surface area contributed by atoms with E-state index in [1.807, 2.05) is 4.90 Å². The molecule has 0 radical (unpaired) electrons. The third-order valence-corrected chi connectivity index (χ3v) is 5.04. The Hall–Kier alpha value is -1.07. The van der Waals surface area contributed by atoms with Gasteiger partial charge in [-0.1, -0.05) is 0 Å². The average Bonchev–Trinajstić information content (AvgIpc) is 2.95. The van der Waals surface area contributed by atoms with Crippen LogP contribution in [0.4, 0.5) is 5.69 Å². The van der Waals surface area contributed by atoms with Crippen molar-refractivity contribution in [2.75, 3.05) is 18.8 Å². The molecule has 1 aliphatic heterocycles. The summed E-state index contributed by atoms with van der Waals surface area (Å²) in [7, 11) is 0. The van der Waals surface area contributed by atoms with Crippen LogP contribution in [-0.4, -0.2) is 35.1 Å². The number of carbonyl (C=O) groups is 1. The highest BCUT2D eigenvalue weighted by Gasteiger charge is 2.43. The van der Waals surface area contributed by atoms with Gasteiger partial charge in [0.2, 0.25) is 0 Å². The van der Waals surface area contributed by atoms with Crippen LogP contribution in [0.3, 0.4) is 0 Å². The zero-order valence-electron chi connectivity index (χ0n) is 10.6. The van der Waals surface area contributed by atoms with Crippen LogP contribution in [0.1, 0.15) is 23.2 Å². The maximum absolute atomic E-state index is 12.4. The number of aliphatic hydroxyl groups is 1. The monoisotopic (exact) mass is 324 g/mol. The molecule has 1 saturated carbocycles. The van der Waals surface area contributed by atoms with E-state index < -0.39 is 0 Å². The van der Waals surface area contributed by atoms with Gasteiger partial charge in [0.25, 0.3) is 5.91 Å². The zero-order valence-corrected chi connectivity index (χ0v) is 12.1. The second-order valence-electron chi connectivity index (χ2n) is 5.52. The lowest BCUT2D eigenvalue weighted by Gasteiger charge is -2.18. The molecular formula is C14H17BrN2O2. The average molecular weight is 325 g/mol. The number of nitrogen functional groups attached to an aromatic ring is 1. The number of anilines is 1. The molecule has 1 aromatic carbocycles. The number of hydrogen-bond acceptors (Lipinski definition) is 3. The summed E-state index contributed by atoms with van der Waals surface area (Å²) < 4.78 is 0.748. The molecule has 3 unspecified atom stereocenters. The van der Waals surface area contributed by atoms with E-state index in [0.29, 0.717) is 23.7 Å². The fourth-order valence-electron chi connectivity index (χ4n) is 3.25. The number of likely N-dealkylation sites (tertiary alicyclic amines) is 1. The van der Waals surface area contributed by atoms with Gasteiger partial charge in [-0.05, 0) is 52.9 Å². The van der Waals surface area contributed by atoms with Gasteiger partial charge >= 0.3 is 0 Å². The first kappa shape index (κ1) is 12.9. The molecule has 1 saturated heterocycles.